The van der Waals surface area contributed by atoms with Gasteiger partial charge in [0, 0.05) is 43.4 Å². The van der Waals surface area contributed by atoms with E-state index in [2.05, 4.69) is 22.8 Å². The Labute approximate surface area is 216 Å². The molecule has 5 fully saturated rings. The van der Waals surface area contributed by atoms with Crippen LogP contribution in [-0.4, -0.2) is 50.2 Å². The van der Waals surface area contributed by atoms with Gasteiger partial charge in [0.25, 0.3) is 0 Å². The van der Waals surface area contributed by atoms with Crippen molar-refractivity contribution in [3.8, 4) is 0 Å². The first-order chi connectivity index (χ1) is 14.9. The molecule has 4 aliphatic carbocycles. The van der Waals surface area contributed by atoms with Gasteiger partial charge in [0.1, 0.15) is 0 Å². The second-order valence-corrected chi connectivity index (χ2v) is 11.8. The van der Waals surface area contributed by atoms with Crippen molar-refractivity contribution in [3.63, 3.8) is 0 Å². The van der Waals surface area contributed by atoms with Gasteiger partial charge in [-0.05, 0) is 85.8 Å². The maximum atomic E-state index is 12.7. The van der Waals surface area contributed by atoms with E-state index in [4.69, 9.17) is 16.3 Å². The molecule has 6 rings (SSSR count). The monoisotopic (exact) mass is 516 g/mol. The van der Waals surface area contributed by atoms with E-state index in [1.165, 1.54) is 44.2 Å². The molecule has 5 aliphatic rings. The number of esters is 1. The summed E-state index contributed by atoms with van der Waals surface area (Å²) in [6.07, 6.45) is 9.58. The molecule has 4 atom stereocenters. The van der Waals surface area contributed by atoms with Gasteiger partial charge in [0.2, 0.25) is 0 Å². The van der Waals surface area contributed by atoms with Gasteiger partial charge in [-0.15, -0.1) is 24.8 Å². The van der Waals surface area contributed by atoms with Gasteiger partial charge in [-0.2, -0.15) is 0 Å². The fourth-order valence-electron chi connectivity index (χ4n) is 7.87. The van der Waals surface area contributed by atoms with Crippen LogP contribution in [0.1, 0.15) is 58.3 Å². The van der Waals surface area contributed by atoms with Gasteiger partial charge >= 0.3 is 5.97 Å². The highest BCUT2D eigenvalue weighted by Gasteiger charge is 2.56. The molecule has 1 aliphatic heterocycles. The highest BCUT2D eigenvalue weighted by Crippen LogP contribution is 2.66. The number of carbonyl (C=O) groups excluding carboxylic acids is 1. The van der Waals surface area contributed by atoms with Crippen LogP contribution in [0.25, 0.3) is 0 Å². The molecule has 4 nitrogen and oxygen atoms in total. The zero-order valence-corrected chi connectivity index (χ0v) is 22.2. The van der Waals surface area contributed by atoms with E-state index in [-0.39, 0.29) is 36.2 Å². The van der Waals surface area contributed by atoms with Gasteiger partial charge < -0.3 is 9.64 Å². The lowest BCUT2D eigenvalue weighted by atomic mass is 9.44. The zero-order valence-electron chi connectivity index (χ0n) is 19.8. The molecule has 4 saturated carbocycles. The summed E-state index contributed by atoms with van der Waals surface area (Å²) in [6, 6.07) is 8.11. The third kappa shape index (κ3) is 6.31. The number of rotatable bonds is 7. The molecule has 1 heterocycles. The number of hydrogen-bond acceptors (Lipinski definition) is 4. The number of nitrogens with zero attached hydrogens (tertiary/aromatic N) is 2. The second kappa shape index (κ2) is 10.9. The Kier molecular flexibility index (Phi) is 8.92. The first-order valence-electron chi connectivity index (χ1n) is 12.3. The number of hydrogen-bond donors (Lipinski definition) is 0. The highest BCUT2D eigenvalue weighted by atomic mass is 35.5. The van der Waals surface area contributed by atoms with Crippen molar-refractivity contribution < 1.29 is 9.53 Å². The molecule has 0 amide bonds. The molecule has 0 N–H and O–H groups in total. The lowest BCUT2D eigenvalue weighted by Gasteiger charge is -2.61. The third-order valence-electron chi connectivity index (χ3n) is 8.42. The molecule has 0 radical (unpaired) electrons. The average molecular weight is 518 g/mol. The Morgan fingerprint density at radius 2 is 1.79 bits per heavy atom. The van der Waals surface area contributed by atoms with Crippen molar-refractivity contribution >= 4 is 48.1 Å². The summed E-state index contributed by atoms with van der Waals surface area (Å²) >= 11 is 6.13. The SMILES string of the molecule is CC12C[C@H]3C[C@@H](C1)CC(CC(=O)OCCCN1CCN(c4cccc(Cl)c4)CC1)(C3)C2.Cl.Cl. The topological polar surface area (TPSA) is 32.8 Å². The summed E-state index contributed by atoms with van der Waals surface area (Å²) in [5, 5.41) is 0.796. The molecule has 33 heavy (non-hydrogen) atoms. The summed E-state index contributed by atoms with van der Waals surface area (Å²) in [7, 11) is 0. The van der Waals surface area contributed by atoms with E-state index < -0.39 is 0 Å². The Hall–Kier alpha value is -0.680. The predicted molar refractivity (Wildman–Crippen MR) is 140 cm³/mol. The van der Waals surface area contributed by atoms with Crippen molar-refractivity contribution in [1.82, 2.24) is 4.90 Å². The third-order valence-corrected chi connectivity index (χ3v) is 8.66. The van der Waals surface area contributed by atoms with Crippen LogP contribution in [0, 0.1) is 22.7 Å². The number of benzene rings is 1. The summed E-state index contributed by atoms with van der Waals surface area (Å²) in [4.78, 5) is 17.5. The zero-order chi connectivity index (χ0) is 21.5. The normalized spacial score (nSPS) is 32.7. The number of ether oxygens (including phenoxy) is 1. The van der Waals surface area contributed by atoms with Crippen molar-refractivity contribution in [1.29, 1.82) is 0 Å². The molecule has 186 valence electrons. The van der Waals surface area contributed by atoms with Crippen LogP contribution >= 0.6 is 36.4 Å². The van der Waals surface area contributed by atoms with E-state index in [0.29, 0.717) is 18.4 Å². The predicted octanol–water partition coefficient (Wildman–Crippen LogP) is 6.24. The van der Waals surface area contributed by atoms with Gasteiger partial charge in [-0.1, -0.05) is 24.6 Å². The number of carbonyl (C=O) groups is 1. The van der Waals surface area contributed by atoms with Gasteiger partial charge in [0.05, 0.1) is 13.0 Å². The maximum absolute atomic E-state index is 12.7. The molecule has 7 heteroatoms. The van der Waals surface area contributed by atoms with E-state index in [0.717, 1.165) is 56.0 Å². The van der Waals surface area contributed by atoms with Gasteiger partial charge in [-0.25, -0.2) is 0 Å². The maximum Gasteiger partial charge on any atom is 0.306 e. The fraction of sp³-hybridized carbons (Fsp3) is 0.731. The molecule has 0 spiro atoms. The van der Waals surface area contributed by atoms with Crippen molar-refractivity contribution in [3.05, 3.63) is 29.3 Å². The van der Waals surface area contributed by atoms with Gasteiger partial charge in [0.15, 0.2) is 0 Å². The first-order valence-corrected chi connectivity index (χ1v) is 12.7. The quantitative estimate of drug-likeness (QED) is 0.317. The first kappa shape index (κ1) is 26.9. The Morgan fingerprint density at radius 1 is 1.09 bits per heavy atom. The van der Waals surface area contributed by atoms with Crippen LogP contribution in [0.4, 0.5) is 5.69 Å². The number of piperazine rings is 1. The minimum Gasteiger partial charge on any atom is -0.466 e. The lowest BCUT2D eigenvalue weighted by molar-refractivity contribution is -0.156. The summed E-state index contributed by atoms with van der Waals surface area (Å²) < 4.78 is 5.72. The van der Waals surface area contributed by atoms with E-state index >= 15 is 0 Å². The van der Waals surface area contributed by atoms with Crippen molar-refractivity contribution in [2.24, 2.45) is 22.7 Å². The fourth-order valence-corrected chi connectivity index (χ4v) is 8.05. The summed E-state index contributed by atoms with van der Waals surface area (Å²) in [5.41, 5.74) is 1.96. The van der Waals surface area contributed by atoms with E-state index in [9.17, 15) is 4.79 Å². The largest absolute Gasteiger partial charge is 0.466 e. The standard InChI is InChI=1S/C26H37ClN2O2.2ClH/c1-25-14-20-12-21(15-25)17-26(16-20,19-25)18-24(30)31-11-3-6-28-7-9-29(10-8-28)23-5-2-4-22(27)13-23;;/h2,4-5,13,20-21H,3,6-12,14-19H2,1H3;2*1H/t20-,21+,25?,26?;;. The molecule has 1 aromatic carbocycles. The molecular weight excluding hydrogens is 479 g/mol. The molecule has 1 saturated heterocycles. The van der Waals surface area contributed by atoms with E-state index in [1.54, 1.807) is 0 Å². The van der Waals surface area contributed by atoms with Crippen LogP contribution in [0.2, 0.25) is 5.02 Å². The average Bonchev–Trinajstić information content (AvgIpc) is 2.69. The molecule has 0 aromatic heterocycles. The summed E-state index contributed by atoms with van der Waals surface area (Å²) in [6.45, 7) is 8.16. The Balaban J connectivity index is 0.00000153. The number of halogens is 3. The molecule has 1 aromatic rings. The summed E-state index contributed by atoms with van der Waals surface area (Å²) in [5.74, 6) is 1.78. The van der Waals surface area contributed by atoms with Crippen LogP contribution in [0.3, 0.4) is 0 Å². The molecule has 2 unspecified atom stereocenters. The lowest BCUT2D eigenvalue weighted by Crippen LogP contribution is -2.51. The molecule has 4 bridgehead atoms. The van der Waals surface area contributed by atoms with Crippen LogP contribution in [0.15, 0.2) is 24.3 Å². The highest BCUT2D eigenvalue weighted by molar-refractivity contribution is 6.30. The minimum absolute atomic E-state index is 0. The van der Waals surface area contributed by atoms with Crippen LogP contribution in [0.5, 0.6) is 0 Å². The van der Waals surface area contributed by atoms with E-state index in [1.807, 2.05) is 18.2 Å². The minimum atomic E-state index is 0. The number of anilines is 1. The van der Waals surface area contributed by atoms with Crippen LogP contribution < -0.4 is 4.90 Å². The molecular formula is C26H39Cl3N2O2. The van der Waals surface area contributed by atoms with Crippen LogP contribution in [-0.2, 0) is 9.53 Å². The Morgan fingerprint density at radius 3 is 2.42 bits per heavy atom. The Bertz CT molecular complexity index is 798. The van der Waals surface area contributed by atoms with Gasteiger partial charge in [-0.3, -0.25) is 9.69 Å². The second-order valence-electron chi connectivity index (χ2n) is 11.3. The van der Waals surface area contributed by atoms with Crippen molar-refractivity contribution in [2.75, 3.05) is 44.2 Å². The smallest absolute Gasteiger partial charge is 0.306 e. The van der Waals surface area contributed by atoms with Crippen molar-refractivity contribution in [2.45, 2.75) is 58.3 Å².